The summed E-state index contributed by atoms with van der Waals surface area (Å²) in [6.45, 7) is 5.30. The van der Waals surface area contributed by atoms with Gasteiger partial charge in [-0.05, 0) is 56.7 Å². The average molecular weight is 447 g/mol. The Morgan fingerprint density at radius 3 is 2.40 bits per heavy atom. The Bertz CT molecular complexity index is 1070. The number of nitrogens with one attached hydrogen (secondary N) is 2. The summed E-state index contributed by atoms with van der Waals surface area (Å²) in [5, 5.41) is 7.87. The van der Waals surface area contributed by atoms with Crippen LogP contribution in [0.1, 0.15) is 31.1 Å². The molecule has 0 saturated heterocycles. The molecule has 30 heavy (non-hydrogen) atoms. The molecule has 1 aromatic heterocycles. The van der Waals surface area contributed by atoms with Crippen LogP contribution >= 0.6 is 22.9 Å². The molecule has 0 unspecified atom stereocenters. The number of rotatable bonds is 4. The van der Waals surface area contributed by atoms with Gasteiger partial charge in [-0.3, -0.25) is 5.32 Å². The van der Waals surface area contributed by atoms with Crippen molar-refractivity contribution in [3.05, 3.63) is 70.3 Å². The number of halogens is 2. The van der Waals surface area contributed by atoms with Crippen LogP contribution < -0.4 is 10.6 Å². The summed E-state index contributed by atoms with van der Waals surface area (Å²) >= 11 is 7.16. The van der Waals surface area contributed by atoms with E-state index in [0.29, 0.717) is 21.3 Å². The highest BCUT2D eigenvalue weighted by atomic mass is 35.5. The van der Waals surface area contributed by atoms with Crippen molar-refractivity contribution in [3.8, 4) is 11.1 Å². The van der Waals surface area contributed by atoms with Crippen LogP contribution in [-0.2, 0) is 4.74 Å². The summed E-state index contributed by atoms with van der Waals surface area (Å²) in [4.78, 5) is 25.4. The summed E-state index contributed by atoms with van der Waals surface area (Å²) < 4.78 is 18.9. The van der Waals surface area contributed by atoms with Crippen molar-refractivity contribution in [3.63, 3.8) is 0 Å². The van der Waals surface area contributed by atoms with Gasteiger partial charge in [0.2, 0.25) is 0 Å². The predicted octanol–water partition coefficient (Wildman–Crippen LogP) is 6.81. The second kappa shape index (κ2) is 8.85. The zero-order chi connectivity index (χ0) is 21.9. The third-order valence-electron chi connectivity index (χ3n) is 3.86. The lowest BCUT2D eigenvalue weighted by molar-refractivity contribution is 0.00721. The number of benzene rings is 2. The maximum absolute atomic E-state index is 13.4. The Hall–Kier alpha value is -2.90. The number of hydrogen-bond acceptors (Lipinski definition) is 4. The molecule has 2 aromatic carbocycles. The van der Waals surface area contributed by atoms with Crippen LogP contribution in [0.5, 0.6) is 0 Å². The molecule has 0 fully saturated rings. The minimum atomic E-state index is -0.711. The summed E-state index contributed by atoms with van der Waals surface area (Å²) in [7, 11) is 0. The molecule has 0 saturated carbocycles. The third kappa shape index (κ3) is 5.58. The average Bonchev–Trinajstić information content (AvgIpc) is 3.04. The smallest absolute Gasteiger partial charge is 0.342 e. The number of carbonyl (C=O) groups is 2. The molecule has 1 heterocycles. The van der Waals surface area contributed by atoms with Gasteiger partial charge in [0.15, 0.2) is 0 Å². The molecule has 2 N–H and O–H groups in total. The zero-order valence-electron chi connectivity index (χ0n) is 16.6. The molecule has 0 spiro atoms. The van der Waals surface area contributed by atoms with E-state index in [1.54, 1.807) is 56.5 Å². The van der Waals surface area contributed by atoms with Crippen molar-refractivity contribution in [2.45, 2.75) is 26.4 Å². The molecule has 2 amide bonds. The number of ether oxygens (including phenoxy) is 1. The standard InChI is InChI=1S/C22H20ClFN2O3S/c1-22(2,3)29-20(27)18-17(13-7-9-14(23)10-8-13)12-30-19(18)26-21(28)25-16-6-4-5-15(24)11-16/h4-12H,1-3H3,(H2,25,26,28). The highest BCUT2D eigenvalue weighted by Gasteiger charge is 2.26. The van der Waals surface area contributed by atoms with E-state index in [1.165, 1.54) is 29.5 Å². The molecule has 8 heteroatoms. The first kappa shape index (κ1) is 21.8. The van der Waals surface area contributed by atoms with Crippen molar-refractivity contribution in [1.29, 1.82) is 0 Å². The van der Waals surface area contributed by atoms with Gasteiger partial charge >= 0.3 is 12.0 Å². The first-order chi connectivity index (χ1) is 14.1. The van der Waals surface area contributed by atoms with Crippen LogP contribution in [0.25, 0.3) is 11.1 Å². The van der Waals surface area contributed by atoms with Gasteiger partial charge in [0.05, 0.1) is 0 Å². The summed E-state index contributed by atoms with van der Waals surface area (Å²) in [6.07, 6.45) is 0. The lowest BCUT2D eigenvalue weighted by atomic mass is 10.0. The van der Waals surface area contributed by atoms with Gasteiger partial charge in [-0.25, -0.2) is 14.0 Å². The Labute approximate surface area is 182 Å². The van der Waals surface area contributed by atoms with Crippen molar-refractivity contribution < 1.29 is 18.7 Å². The largest absolute Gasteiger partial charge is 0.456 e. The molecular formula is C22H20ClFN2O3S. The molecule has 0 radical (unpaired) electrons. The second-order valence-electron chi connectivity index (χ2n) is 7.45. The van der Waals surface area contributed by atoms with E-state index >= 15 is 0 Å². The quantitative estimate of drug-likeness (QED) is 0.432. The lowest BCUT2D eigenvalue weighted by Crippen LogP contribution is -2.25. The number of carbonyl (C=O) groups excluding carboxylic acids is 2. The topological polar surface area (TPSA) is 67.4 Å². The van der Waals surface area contributed by atoms with E-state index in [2.05, 4.69) is 10.6 Å². The van der Waals surface area contributed by atoms with Crippen LogP contribution in [0.15, 0.2) is 53.9 Å². The van der Waals surface area contributed by atoms with Crippen molar-refractivity contribution in [2.75, 3.05) is 10.6 Å². The number of esters is 1. The monoisotopic (exact) mass is 446 g/mol. The van der Waals surface area contributed by atoms with Crippen molar-refractivity contribution in [1.82, 2.24) is 0 Å². The van der Waals surface area contributed by atoms with Gasteiger partial charge in [0.25, 0.3) is 0 Å². The van der Waals surface area contributed by atoms with Crippen LogP contribution in [0.2, 0.25) is 5.02 Å². The number of thiophene rings is 1. The van der Waals surface area contributed by atoms with Gasteiger partial charge in [-0.1, -0.05) is 29.8 Å². The zero-order valence-corrected chi connectivity index (χ0v) is 18.2. The number of urea groups is 1. The molecule has 3 aromatic rings. The second-order valence-corrected chi connectivity index (χ2v) is 8.77. The molecule has 0 aliphatic rings. The first-order valence-corrected chi connectivity index (χ1v) is 10.3. The molecule has 3 rings (SSSR count). The van der Waals surface area contributed by atoms with Crippen LogP contribution in [0, 0.1) is 5.82 Å². The maximum Gasteiger partial charge on any atom is 0.342 e. The van der Waals surface area contributed by atoms with Gasteiger partial charge in [-0.2, -0.15) is 0 Å². The molecule has 0 aliphatic heterocycles. The SMILES string of the molecule is CC(C)(C)OC(=O)c1c(-c2ccc(Cl)cc2)csc1NC(=O)Nc1cccc(F)c1. The Morgan fingerprint density at radius 1 is 1.07 bits per heavy atom. The van der Waals surface area contributed by atoms with E-state index in [0.717, 1.165) is 5.56 Å². The molecular weight excluding hydrogens is 427 g/mol. The highest BCUT2D eigenvalue weighted by Crippen LogP contribution is 2.37. The lowest BCUT2D eigenvalue weighted by Gasteiger charge is -2.20. The summed E-state index contributed by atoms with van der Waals surface area (Å²) in [5.74, 6) is -1.03. The van der Waals surface area contributed by atoms with Gasteiger partial charge < -0.3 is 10.1 Å². The highest BCUT2D eigenvalue weighted by molar-refractivity contribution is 7.15. The van der Waals surface area contributed by atoms with E-state index in [1.807, 2.05) is 0 Å². The number of amides is 2. The molecule has 5 nitrogen and oxygen atoms in total. The summed E-state index contributed by atoms with van der Waals surface area (Å²) in [6, 6.07) is 11.9. The molecule has 0 aliphatic carbocycles. The van der Waals surface area contributed by atoms with Crippen LogP contribution in [0.3, 0.4) is 0 Å². The third-order valence-corrected chi connectivity index (χ3v) is 5.01. The van der Waals surface area contributed by atoms with Crippen molar-refractivity contribution >= 4 is 45.6 Å². The first-order valence-electron chi connectivity index (χ1n) is 9.07. The molecule has 0 bridgehead atoms. The Morgan fingerprint density at radius 2 is 1.77 bits per heavy atom. The van der Waals surface area contributed by atoms with E-state index in [-0.39, 0.29) is 5.56 Å². The van der Waals surface area contributed by atoms with E-state index in [4.69, 9.17) is 16.3 Å². The normalized spacial score (nSPS) is 11.1. The summed E-state index contributed by atoms with van der Waals surface area (Å²) in [5.41, 5.74) is 1.20. The van der Waals surface area contributed by atoms with Gasteiger partial charge in [-0.15, -0.1) is 11.3 Å². The molecule has 156 valence electrons. The van der Waals surface area contributed by atoms with E-state index in [9.17, 15) is 14.0 Å². The van der Waals surface area contributed by atoms with Crippen LogP contribution in [-0.4, -0.2) is 17.6 Å². The van der Waals surface area contributed by atoms with Crippen LogP contribution in [0.4, 0.5) is 19.9 Å². The van der Waals surface area contributed by atoms with Gasteiger partial charge in [0, 0.05) is 21.7 Å². The predicted molar refractivity (Wildman–Crippen MR) is 119 cm³/mol. The Balaban J connectivity index is 1.92. The maximum atomic E-state index is 13.4. The minimum absolute atomic E-state index is 0.242. The minimum Gasteiger partial charge on any atom is -0.456 e. The number of hydrogen-bond donors (Lipinski definition) is 2. The Kier molecular flexibility index (Phi) is 6.43. The van der Waals surface area contributed by atoms with Gasteiger partial charge in [0.1, 0.15) is 22.0 Å². The molecule has 0 atom stereocenters. The fraction of sp³-hybridized carbons (Fsp3) is 0.182. The fourth-order valence-electron chi connectivity index (χ4n) is 2.66. The number of anilines is 2. The van der Waals surface area contributed by atoms with E-state index < -0.39 is 23.4 Å². The van der Waals surface area contributed by atoms with Crippen molar-refractivity contribution in [2.24, 2.45) is 0 Å². The fourth-order valence-corrected chi connectivity index (χ4v) is 3.73.